The third-order valence-electron chi connectivity index (χ3n) is 4.50. The Labute approximate surface area is 162 Å². The molecule has 0 aliphatic carbocycles. The van der Waals surface area contributed by atoms with Crippen molar-refractivity contribution >= 4 is 17.5 Å². The lowest BCUT2D eigenvalue weighted by Gasteiger charge is -2.23. The van der Waals surface area contributed by atoms with Crippen LogP contribution < -0.4 is 4.74 Å². The summed E-state index contributed by atoms with van der Waals surface area (Å²) in [7, 11) is 1.59. The maximum atomic E-state index is 14.1. The molecule has 27 heavy (non-hydrogen) atoms. The Kier molecular flexibility index (Phi) is 5.12. The van der Waals surface area contributed by atoms with Crippen molar-refractivity contribution in [3.05, 3.63) is 89.2 Å². The van der Waals surface area contributed by atoms with E-state index in [4.69, 9.17) is 4.74 Å². The van der Waals surface area contributed by atoms with Crippen molar-refractivity contribution in [3.63, 3.8) is 0 Å². The van der Waals surface area contributed by atoms with E-state index >= 15 is 0 Å². The number of methoxy groups -OCH3 is 1. The molecule has 136 valence electrons. The molecule has 1 aliphatic rings. The minimum absolute atomic E-state index is 0.243. The highest BCUT2D eigenvalue weighted by Crippen LogP contribution is 2.38. The smallest absolute Gasteiger partial charge is 0.212 e. The molecule has 3 nitrogen and oxygen atoms in total. The van der Waals surface area contributed by atoms with Gasteiger partial charge in [-0.05, 0) is 34.7 Å². The van der Waals surface area contributed by atoms with Gasteiger partial charge >= 0.3 is 0 Å². The average Bonchev–Trinajstić information content (AvgIpc) is 3.17. The number of aromatic nitrogens is 1. The quantitative estimate of drug-likeness (QED) is 0.593. The summed E-state index contributed by atoms with van der Waals surface area (Å²) < 4.78 is 19.2. The van der Waals surface area contributed by atoms with Gasteiger partial charge < -0.3 is 9.64 Å². The molecule has 0 saturated heterocycles. The summed E-state index contributed by atoms with van der Waals surface area (Å²) in [6.45, 7) is 0.788. The van der Waals surface area contributed by atoms with Crippen LogP contribution in [0.3, 0.4) is 0 Å². The Bertz CT molecular complexity index is 958. The van der Waals surface area contributed by atoms with Gasteiger partial charge in [0.25, 0.3) is 0 Å². The number of hydrogen-bond donors (Lipinski definition) is 0. The number of thioether (sulfide) groups is 1. The van der Waals surface area contributed by atoms with E-state index in [9.17, 15) is 4.39 Å². The van der Waals surface area contributed by atoms with Crippen molar-refractivity contribution in [2.45, 2.75) is 6.54 Å². The molecule has 0 fully saturated rings. The first-order valence-corrected chi connectivity index (χ1v) is 9.70. The predicted molar refractivity (Wildman–Crippen MR) is 109 cm³/mol. The van der Waals surface area contributed by atoms with E-state index in [-0.39, 0.29) is 5.82 Å². The van der Waals surface area contributed by atoms with E-state index in [1.54, 1.807) is 31.1 Å². The summed E-state index contributed by atoms with van der Waals surface area (Å²) in [4.78, 5) is 6.57. The Morgan fingerprint density at radius 3 is 2.67 bits per heavy atom. The third kappa shape index (κ3) is 3.83. The van der Waals surface area contributed by atoms with Crippen LogP contribution in [0.2, 0.25) is 0 Å². The van der Waals surface area contributed by atoms with E-state index in [0.717, 1.165) is 34.8 Å². The topological polar surface area (TPSA) is 25.4 Å². The Hall–Kier alpha value is -2.79. The summed E-state index contributed by atoms with van der Waals surface area (Å²) in [5.41, 5.74) is 5.04. The lowest BCUT2D eigenvalue weighted by molar-refractivity contribution is 0.398. The van der Waals surface area contributed by atoms with Crippen LogP contribution in [0.25, 0.3) is 16.8 Å². The largest absolute Gasteiger partial charge is 0.481 e. The van der Waals surface area contributed by atoms with Gasteiger partial charge in [-0.25, -0.2) is 9.37 Å². The van der Waals surface area contributed by atoms with E-state index in [1.165, 1.54) is 11.6 Å². The van der Waals surface area contributed by atoms with Crippen molar-refractivity contribution in [3.8, 4) is 17.0 Å². The van der Waals surface area contributed by atoms with Crippen LogP contribution in [0.15, 0.2) is 72.3 Å². The number of nitrogens with zero attached hydrogens (tertiary/aromatic N) is 2. The summed E-state index contributed by atoms with van der Waals surface area (Å²) in [6, 6.07) is 19.0. The fraction of sp³-hybridized carbons (Fsp3) is 0.136. The monoisotopic (exact) mass is 378 g/mol. The fourth-order valence-electron chi connectivity index (χ4n) is 3.16. The minimum Gasteiger partial charge on any atom is -0.481 e. The molecule has 1 aliphatic heterocycles. The predicted octanol–water partition coefficient (Wildman–Crippen LogP) is 5.40. The normalized spacial score (nSPS) is 13.6. The highest BCUT2D eigenvalue weighted by Gasteiger charge is 2.21. The standard InChI is InChI=1S/C22H19FN2OS/c1-26-22-10-7-17(12-24-22)19-9-8-18(23)11-20(19)21-14-27-15-25(21)13-16-5-3-2-4-6-16/h2-12,14H,13,15H2,1H3. The third-order valence-corrected chi connectivity index (χ3v) is 5.35. The van der Waals surface area contributed by atoms with Crippen molar-refractivity contribution in [1.82, 2.24) is 9.88 Å². The van der Waals surface area contributed by atoms with Crippen LogP contribution in [0.1, 0.15) is 11.1 Å². The molecule has 0 saturated carbocycles. The molecule has 1 aromatic heterocycles. The first kappa shape index (κ1) is 17.6. The zero-order chi connectivity index (χ0) is 18.6. The molecule has 0 bridgehead atoms. The first-order valence-electron chi connectivity index (χ1n) is 8.65. The molecule has 0 atom stereocenters. The van der Waals surface area contributed by atoms with Gasteiger partial charge in [-0.1, -0.05) is 36.4 Å². The van der Waals surface area contributed by atoms with Gasteiger partial charge in [0.1, 0.15) is 5.82 Å². The number of hydrogen-bond acceptors (Lipinski definition) is 4. The second kappa shape index (κ2) is 7.84. The maximum Gasteiger partial charge on any atom is 0.212 e. The van der Waals surface area contributed by atoms with E-state index in [0.29, 0.717) is 5.88 Å². The fourth-order valence-corrected chi connectivity index (χ4v) is 4.08. The Morgan fingerprint density at radius 2 is 1.93 bits per heavy atom. The van der Waals surface area contributed by atoms with Crippen LogP contribution >= 0.6 is 11.8 Å². The molecule has 0 amide bonds. The number of pyridine rings is 1. The van der Waals surface area contributed by atoms with Gasteiger partial charge in [0.05, 0.1) is 18.7 Å². The van der Waals surface area contributed by atoms with E-state index in [2.05, 4.69) is 27.4 Å². The average molecular weight is 378 g/mol. The highest BCUT2D eigenvalue weighted by atomic mass is 32.2. The zero-order valence-corrected chi connectivity index (χ0v) is 15.7. The van der Waals surface area contributed by atoms with Gasteiger partial charge in [-0.15, -0.1) is 11.8 Å². The number of benzene rings is 2. The Balaban J connectivity index is 1.70. The lowest BCUT2D eigenvalue weighted by atomic mass is 9.98. The number of ether oxygens (including phenoxy) is 1. The molecule has 0 spiro atoms. The highest BCUT2D eigenvalue weighted by molar-refractivity contribution is 8.02. The zero-order valence-electron chi connectivity index (χ0n) is 14.9. The maximum absolute atomic E-state index is 14.1. The van der Waals surface area contributed by atoms with Gasteiger partial charge in [0.15, 0.2) is 0 Å². The molecule has 3 aromatic rings. The van der Waals surface area contributed by atoms with Crippen molar-refractivity contribution in [1.29, 1.82) is 0 Å². The Morgan fingerprint density at radius 1 is 1.07 bits per heavy atom. The molecule has 0 N–H and O–H groups in total. The van der Waals surface area contributed by atoms with Crippen LogP contribution in [-0.2, 0) is 6.54 Å². The van der Waals surface area contributed by atoms with Crippen LogP contribution in [-0.4, -0.2) is 22.9 Å². The number of halogens is 1. The first-order chi connectivity index (χ1) is 13.2. The van der Waals surface area contributed by atoms with Crippen LogP contribution in [0, 0.1) is 5.82 Å². The lowest BCUT2D eigenvalue weighted by Crippen LogP contribution is -2.18. The van der Waals surface area contributed by atoms with Gasteiger partial charge in [-0.3, -0.25) is 0 Å². The summed E-state index contributed by atoms with van der Waals surface area (Å²) >= 11 is 1.73. The summed E-state index contributed by atoms with van der Waals surface area (Å²) in [5, 5.41) is 2.11. The summed E-state index contributed by atoms with van der Waals surface area (Å²) in [5.74, 6) is 1.16. The molecule has 2 heterocycles. The van der Waals surface area contributed by atoms with Crippen molar-refractivity contribution in [2.24, 2.45) is 0 Å². The van der Waals surface area contributed by atoms with Crippen LogP contribution in [0.5, 0.6) is 5.88 Å². The van der Waals surface area contributed by atoms with Crippen molar-refractivity contribution in [2.75, 3.05) is 13.0 Å². The SMILES string of the molecule is COc1ccc(-c2ccc(F)cc2C2=CSCN2Cc2ccccc2)cn1. The number of rotatable bonds is 5. The molecule has 4 rings (SSSR count). The molecule has 0 unspecified atom stereocenters. The molecule has 5 heteroatoms. The van der Waals surface area contributed by atoms with Gasteiger partial charge in [-0.2, -0.15) is 0 Å². The molecular weight excluding hydrogens is 359 g/mol. The second-order valence-corrected chi connectivity index (χ2v) is 7.09. The second-order valence-electron chi connectivity index (χ2n) is 6.26. The minimum atomic E-state index is -0.243. The molecular formula is C22H19FN2OS. The van der Waals surface area contributed by atoms with E-state index < -0.39 is 0 Å². The van der Waals surface area contributed by atoms with E-state index in [1.807, 2.05) is 36.4 Å². The molecule has 2 aromatic carbocycles. The van der Waals surface area contributed by atoms with Crippen molar-refractivity contribution < 1.29 is 9.13 Å². The van der Waals surface area contributed by atoms with Gasteiger partial charge in [0.2, 0.25) is 5.88 Å². The van der Waals surface area contributed by atoms with Crippen LogP contribution in [0.4, 0.5) is 4.39 Å². The summed E-state index contributed by atoms with van der Waals surface area (Å²) in [6.07, 6.45) is 1.76. The molecule has 0 radical (unpaired) electrons. The van der Waals surface area contributed by atoms with Gasteiger partial charge in [0, 0.05) is 29.9 Å².